The Balaban J connectivity index is 1.80. The van der Waals surface area contributed by atoms with Crippen LogP contribution in [-0.4, -0.2) is 15.5 Å². The molecule has 0 aliphatic rings. The largest absolute Gasteiger partial charge is 0.348 e. The zero-order valence-electron chi connectivity index (χ0n) is 15.4. The van der Waals surface area contributed by atoms with Crippen molar-refractivity contribution < 1.29 is 9.18 Å². The molecular formula is C21H22FN3O2. The van der Waals surface area contributed by atoms with Crippen molar-refractivity contribution in [3.63, 3.8) is 0 Å². The molecule has 0 radical (unpaired) electrons. The number of fused-ring (bicyclic) bond motifs is 1. The van der Waals surface area contributed by atoms with Gasteiger partial charge in [0.25, 0.3) is 5.56 Å². The van der Waals surface area contributed by atoms with Crippen molar-refractivity contribution in [1.82, 2.24) is 14.9 Å². The molecule has 0 bridgehead atoms. The predicted octanol–water partition coefficient (Wildman–Crippen LogP) is 3.44. The lowest BCUT2D eigenvalue weighted by molar-refractivity contribution is -0.122. The second kappa shape index (κ2) is 8.12. The number of benzene rings is 2. The molecule has 1 atom stereocenters. The van der Waals surface area contributed by atoms with Gasteiger partial charge < -0.3 is 5.32 Å². The number of aromatic nitrogens is 2. The van der Waals surface area contributed by atoms with Crippen molar-refractivity contribution in [2.45, 2.75) is 32.9 Å². The molecule has 2 aromatic carbocycles. The molecule has 1 unspecified atom stereocenters. The quantitative estimate of drug-likeness (QED) is 0.726. The topological polar surface area (TPSA) is 64.0 Å². The molecule has 0 spiro atoms. The SMILES string of the molecule is CC(C)CC(NC(=O)Cn1cnc2cc(F)ccc2c1=O)c1ccccc1. The molecule has 1 heterocycles. The summed E-state index contributed by atoms with van der Waals surface area (Å²) in [5.41, 5.74) is 0.938. The third-order valence-corrected chi connectivity index (χ3v) is 4.35. The first-order chi connectivity index (χ1) is 12.9. The van der Waals surface area contributed by atoms with Gasteiger partial charge in [0.15, 0.2) is 0 Å². The number of carbonyl (C=O) groups excluding carboxylic acids is 1. The van der Waals surface area contributed by atoms with Gasteiger partial charge in [0.1, 0.15) is 12.4 Å². The number of nitrogens with zero attached hydrogens (tertiary/aromatic N) is 2. The molecule has 27 heavy (non-hydrogen) atoms. The van der Waals surface area contributed by atoms with E-state index < -0.39 is 5.82 Å². The lowest BCUT2D eigenvalue weighted by Gasteiger charge is -2.21. The predicted molar refractivity (Wildman–Crippen MR) is 103 cm³/mol. The minimum atomic E-state index is -0.454. The number of hydrogen-bond donors (Lipinski definition) is 1. The molecule has 5 nitrogen and oxygen atoms in total. The molecule has 140 valence electrons. The second-order valence-corrected chi connectivity index (χ2v) is 7.00. The van der Waals surface area contributed by atoms with Gasteiger partial charge in [-0.2, -0.15) is 0 Å². The van der Waals surface area contributed by atoms with Gasteiger partial charge in [-0.1, -0.05) is 44.2 Å². The van der Waals surface area contributed by atoms with Crippen LogP contribution in [0.25, 0.3) is 10.9 Å². The summed E-state index contributed by atoms with van der Waals surface area (Å²) in [5.74, 6) is -0.324. The van der Waals surface area contributed by atoms with Crippen molar-refractivity contribution in [2.24, 2.45) is 5.92 Å². The van der Waals surface area contributed by atoms with E-state index in [0.29, 0.717) is 5.92 Å². The van der Waals surface area contributed by atoms with E-state index in [1.54, 1.807) is 0 Å². The number of hydrogen-bond acceptors (Lipinski definition) is 3. The third kappa shape index (κ3) is 4.58. The average Bonchev–Trinajstić information content (AvgIpc) is 2.64. The van der Waals surface area contributed by atoms with Crippen LogP contribution in [0.4, 0.5) is 4.39 Å². The van der Waals surface area contributed by atoms with Crippen molar-refractivity contribution in [1.29, 1.82) is 0 Å². The first kappa shape index (κ1) is 18.8. The zero-order chi connectivity index (χ0) is 19.4. The van der Waals surface area contributed by atoms with Crippen molar-refractivity contribution >= 4 is 16.8 Å². The Labute approximate surface area is 156 Å². The van der Waals surface area contributed by atoms with Crippen LogP contribution in [-0.2, 0) is 11.3 Å². The summed E-state index contributed by atoms with van der Waals surface area (Å²) in [6.45, 7) is 4.05. The highest BCUT2D eigenvalue weighted by molar-refractivity contribution is 5.79. The fraction of sp³-hybridized carbons (Fsp3) is 0.286. The van der Waals surface area contributed by atoms with Crippen LogP contribution in [0.15, 0.2) is 59.7 Å². The number of amides is 1. The molecule has 3 aromatic rings. The van der Waals surface area contributed by atoms with Gasteiger partial charge >= 0.3 is 0 Å². The number of nitrogens with one attached hydrogen (secondary N) is 1. The van der Waals surface area contributed by atoms with E-state index in [4.69, 9.17) is 0 Å². The molecule has 1 aromatic heterocycles. The van der Waals surface area contributed by atoms with Gasteiger partial charge in [-0.25, -0.2) is 9.37 Å². The van der Waals surface area contributed by atoms with Gasteiger partial charge in [-0.15, -0.1) is 0 Å². The molecule has 0 saturated heterocycles. The molecule has 6 heteroatoms. The molecule has 3 rings (SSSR count). The highest BCUT2D eigenvalue weighted by Crippen LogP contribution is 2.21. The lowest BCUT2D eigenvalue weighted by Crippen LogP contribution is -2.35. The van der Waals surface area contributed by atoms with Crippen LogP contribution in [0.2, 0.25) is 0 Å². The fourth-order valence-corrected chi connectivity index (χ4v) is 3.07. The van der Waals surface area contributed by atoms with Gasteiger partial charge in [0.05, 0.1) is 23.3 Å². The van der Waals surface area contributed by atoms with Crippen LogP contribution >= 0.6 is 0 Å². The maximum atomic E-state index is 13.3. The third-order valence-electron chi connectivity index (χ3n) is 4.35. The average molecular weight is 367 g/mol. The van der Waals surface area contributed by atoms with E-state index in [9.17, 15) is 14.0 Å². The molecular weight excluding hydrogens is 345 g/mol. The standard InChI is InChI=1S/C21H22FN3O2/c1-14(2)10-18(15-6-4-3-5-7-15)24-20(26)12-25-13-23-19-11-16(22)8-9-17(19)21(25)27/h3-9,11,13-14,18H,10,12H2,1-2H3,(H,24,26). The lowest BCUT2D eigenvalue weighted by atomic mass is 9.97. The van der Waals surface area contributed by atoms with E-state index >= 15 is 0 Å². The Morgan fingerprint density at radius 2 is 1.93 bits per heavy atom. The maximum absolute atomic E-state index is 13.3. The van der Waals surface area contributed by atoms with Crippen molar-refractivity contribution in [2.75, 3.05) is 0 Å². The fourth-order valence-electron chi connectivity index (χ4n) is 3.07. The summed E-state index contributed by atoms with van der Waals surface area (Å²) in [6.07, 6.45) is 2.07. The van der Waals surface area contributed by atoms with Crippen LogP contribution in [0, 0.1) is 11.7 Å². The Morgan fingerprint density at radius 3 is 2.63 bits per heavy atom. The summed E-state index contributed by atoms with van der Waals surface area (Å²) in [6, 6.07) is 13.4. The molecule has 0 aliphatic heterocycles. The van der Waals surface area contributed by atoms with Gasteiger partial charge in [-0.3, -0.25) is 14.2 Å². The molecule has 0 fully saturated rings. The molecule has 0 saturated carbocycles. The second-order valence-electron chi connectivity index (χ2n) is 7.00. The van der Waals surface area contributed by atoms with E-state index in [0.717, 1.165) is 12.0 Å². The summed E-state index contributed by atoms with van der Waals surface area (Å²) in [7, 11) is 0. The first-order valence-corrected chi connectivity index (χ1v) is 8.93. The first-order valence-electron chi connectivity index (χ1n) is 8.93. The van der Waals surface area contributed by atoms with Gasteiger partial charge in [-0.05, 0) is 30.0 Å². The van der Waals surface area contributed by atoms with Crippen LogP contribution in [0.3, 0.4) is 0 Å². The summed E-state index contributed by atoms with van der Waals surface area (Å²) < 4.78 is 14.5. The number of halogens is 1. The van der Waals surface area contributed by atoms with Crippen LogP contribution in [0.1, 0.15) is 31.9 Å². The Morgan fingerprint density at radius 1 is 1.19 bits per heavy atom. The minimum Gasteiger partial charge on any atom is -0.348 e. The van der Waals surface area contributed by atoms with Gasteiger partial charge in [0.2, 0.25) is 5.91 Å². The Bertz CT molecular complexity index is 999. The highest BCUT2D eigenvalue weighted by atomic mass is 19.1. The van der Waals surface area contributed by atoms with Crippen molar-refractivity contribution in [3.05, 3.63) is 76.6 Å². The van der Waals surface area contributed by atoms with E-state index in [1.165, 1.54) is 29.1 Å². The van der Waals surface area contributed by atoms with E-state index in [2.05, 4.69) is 24.1 Å². The van der Waals surface area contributed by atoms with Crippen molar-refractivity contribution in [3.8, 4) is 0 Å². The monoisotopic (exact) mass is 367 g/mol. The molecule has 1 amide bonds. The highest BCUT2D eigenvalue weighted by Gasteiger charge is 2.17. The minimum absolute atomic E-state index is 0.128. The summed E-state index contributed by atoms with van der Waals surface area (Å²) >= 11 is 0. The smallest absolute Gasteiger partial charge is 0.261 e. The summed E-state index contributed by atoms with van der Waals surface area (Å²) in [4.78, 5) is 29.2. The molecule has 0 aliphatic carbocycles. The van der Waals surface area contributed by atoms with Crippen LogP contribution < -0.4 is 10.9 Å². The number of rotatable bonds is 6. The Hall–Kier alpha value is -3.02. The van der Waals surface area contributed by atoms with Crippen LogP contribution in [0.5, 0.6) is 0 Å². The van der Waals surface area contributed by atoms with E-state index in [-0.39, 0.29) is 35.0 Å². The van der Waals surface area contributed by atoms with Gasteiger partial charge in [0, 0.05) is 6.07 Å². The normalized spacial score (nSPS) is 12.3. The zero-order valence-corrected chi connectivity index (χ0v) is 15.4. The number of carbonyl (C=O) groups is 1. The Kier molecular flexibility index (Phi) is 5.64. The molecule has 1 N–H and O–H groups in total. The summed E-state index contributed by atoms with van der Waals surface area (Å²) in [5, 5.41) is 3.30. The maximum Gasteiger partial charge on any atom is 0.261 e. The van der Waals surface area contributed by atoms with E-state index in [1.807, 2.05) is 30.3 Å².